The number of hydrazine groups is 1. The fraction of sp³-hybridized carbons (Fsp3) is 0.500. The summed E-state index contributed by atoms with van der Waals surface area (Å²) in [4.78, 5) is 11.3. The van der Waals surface area contributed by atoms with Gasteiger partial charge < -0.3 is 0 Å². The van der Waals surface area contributed by atoms with Crippen molar-refractivity contribution < 1.29 is 4.79 Å². The number of rotatable bonds is 2. The molecule has 0 aliphatic carbocycles. The molecule has 6 nitrogen and oxygen atoms in total. The van der Waals surface area contributed by atoms with Crippen LogP contribution < -0.4 is 10.7 Å². The molecule has 14 heavy (non-hydrogen) atoms. The van der Waals surface area contributed by atoms with Crippen LogP contribution in [-0.2, 0) is 0 Å². The Hall–Kier alpha value is -1.56. The van der Waals surface area contributed by atoms with E-state index in [-0.39, 0.29) is 6.03 Å². The van der Waals surface area contributed by atoms with E-state index in [9.17, 15) is 4.79 Å². The maximum atomic E-state index is 11.3. The third kappa shape index (κ3) is 2.23. The number of aromatic nitrogens is 2. The molecule has 3 N–H and O–H groups in total. The van der Waals surface area contributed by atoms with Crippen molar-refractivity contribution in [3.8, 4) is 0 Å². The molecule has 1 fully saturated rings. The van der Waals surface area contributed by atoms with Crippen molar-refractivity contribution >= 4 is 11.8 Å². The molecule has 1 aliphatic rings. The molecule has 6 heteroatoms. The van der Waals surface area contributed by atoms with Gasteiger partial charge in [0.1, 0.15) is 0 Å². The van der Waals surface area contributed by atoms with Gasteiger partial charge in [-0.05, 0) is 12.8 Å². The van der Waals surface area contributed by atoms with Crippen LogP contribution in [0.15, 0.2) is 12.3 Å². The lowest BCUT2D eigenvalue weighted by Gasteiger charge is -2.15. The molecule has 0 aromatic carbocycles. The highest BCUT2D eigenvalue weighted by Gasteiger charge is 2.13. The number of carbonyl (C=O) groups excluding carboxylic acids is 1. The van der Waals surface area contributed by atoms with Crippen molar-refractivity contribution in [1.29, 1.82) is 0 Å². The molecule has 0 saturated carbocycles. The fourth-order valence-corrected chi connectivity index (χ4v) is 1.45. The minimum absolute atomic E-state index is 0.237. The summed E-state index contributed by atoms with van der Waals surface area (Å²) < 4.78 is 0. The average molecular weight is 195 g/mol. The zero-order chi connectivity index (χ0) is 9.80. The van der Waals surface area contributed by atoms with Gasteiger partial charge in [0.25, 0.3) is 0 Å². The number of H-pyrrole nitrogens is 1. The topological polar surface area (TPSA) is 73.0 Å². The number of nitrogens with zero attached hydrogens (tertiary/aromatic N) is 2. The minimum atomic E-state index is -0.237. The summed E-state index contributed by atoms with van der Waals surface area (Å²) in [5.41, 5.74) is 2.75. The van der Waals surface area contributed by atoms with Gasteiger partial charge in [0.05, 0.1) is 0 Å². The van der Waals surface area contributed by atoms with Gasteiger partial charge in [0, 0.05) is 25.4 Å². The summed E-state index contributed by atoms with van der Waals surface area (Å²) in [5, 5.41) is 11.0. The molecule has 1 aliphatic heterocycles. The lowest BCUT2D eigenvalue weighted by molar-refractivity contribution is 0.209. The summed E-state index contributed by atoms with van der Waals surface area (Å²) in [6, 6.07) is 1.46. The lowest BCUT2D eigenvalue weighted by Crippen LogP contribution is -2.42. The van der Waals surface area contributed by atoms with Gasteiger partial charge in [-0.3, -0.25) is 15.8 Å². The minimum Gasteiger partial charge on any atom is -0.290 e. The Balaban J connectivity index is 1.78. The Kier molecular flexibility index (Phi) is 2.64. The fourth-order valence-electron chi connectivity index (χ4n) is 1.45. The van der Waals surface area contributed by atoms with Gasteiger partial charge in [-0.25, -0.2) is 9.80 Å². The SMILES string of the molecule is O=C(Nc1cc[nH]n1)NN1CCCC1. The summed E-state index contributed by atoms with van der Waals surface area (Å²) in [7, 11) is 0. The van der Waals surface area contributed by atoms with Crippen LogP contribution in [-0.4, -0.2) is 34.3 Å². The van der Waals surface area contributed by atoms with Crippen molar-refractivity contribution in [2.75, 3.05) is 18.4 Å². The molecule has 0 unspecified atom stereocenters. The van der Waals surface area contributed by atoms with Crippen LogP contribution in [0.25, 0.3) is 0 Å². The Morgan fingerprint density at radius 2 is 2.29 bits per heavy atom. The second kappa shape index (κ2) is 4.10. The second-order valence-electron chi connectivity index (χ2n) is 3.22. The number of aromatic amines is 1. The summed E-state index contributed by atoms with van der Waals surface area (Å²) in [6.45, 7) is 1.85. The summed E-state index contributed by atoms with van der Waals surface area (Å²) in [6.07, 6.45) is 3.94. The van der Waals surface area contributed by atoms with Gasteiger partial charge in [0.2, 0.25) is 0 Å². The molecule has 0 spiro atoms. The highest BCUT2D eigenvalue weighted by molar-refractivity contribution is 5.87. The molecule has 0 bridgehead atoms. The first-order valence-corrected chi connectivity index (χ1v) is 4.67. The highest BCUT2D eigenvalue weighted by atomic mass is 16.2. The molecular formula is C8H13N5O. The van der Waals surface area contributed by atoms with Crippen molar-refractivity contribution in [3.05, 3.63) is 12.3 Å². The number of hydrogen-bond donors (Lipinski definition) is 3. The molecule has 1 aromatic heterocycles. The van der Waals surface area contributed by atoms with E-state index < -0.39 is 0 Å². The van der Waals surface area contributed by atoms with E-state index in [1.165, 1.54) is 0 Å². The Morgan fingerprint density at radius 1 is 1.50 bits per heavy atom. The smallest absolute Gasteiger partial charge is 0.290 e. The number of amides is 2. The predicted octanol–water partition coefficient (Wildman–Crippen LogP) is 0.542. The van der Waals surface area contributed by atoms with Gasteiger partial charge in [-0.1, -0.05) is 0 Å². The van der Waals surface area contributed by atoms with Gasteiger partial charge in [0.15, 0.2) is 5.82 Å². The molecule has 0 atom stereocenters. The first-order chi connectivity index (χ1) is 6.84. The van der Waals surface area contributed by atoms with E-state index in [2.05, 4.69) is 20.9 Å². The molecule has 0 radical (unpaired) electrons. The molecule has 76 valence electrons. The zero-order valence-corrected chi connectivity index (χ0v) is 7.79. The van der Waals surface area contributed by atoms with E-state index in [0.29, 0.717) is 5.82 Å². The summed E-state index contributed by atoms with van der Waals surface area (Å²) in [5.74, 6) is 0.529. The number of hydrogen-bond acceptors (Lipinski definition) is 3. The second-order valence-corrected chi connectivity index (χ2v) is 3.22. The van der Waals surface area contributed by atoms with Crippen molar-refractivity contribution in [1.82, 2.24) is 20.6 Å². The lowest BCUT2D eigenvalue weighted by atomic mass is 10.4. The number of anilines is 1. The normalized spacial score (nSPS) is 16.9. The summed E-state index contributed by atoms with van der Waals surface area (Å²) >= 11 is 0. The van der Waals surface area contributed by atoms with Crippen LogP contribution in [0.1, 0.15) is 12.8 Å². The number of carbonyl (C=O) groups is 1. The van der Waals surface area contributed by atoms with E-state index in [1.807, 2.05) is 5.01 Å². The first kappa shape index (κ1) is 9.01. The first-order valence-electron chi connectivity index (χ1n) is 4.67. The zero-order valence-electron chi connectivity index (χ0n) is 7.79. The third-order valence-electron chi connectivity index (χ3n) is 2.11. The van der Waals surface area contributed by atoms with Crippen LogP contribution in [0.2, 0.25) is 0 Å². The predicted molar refractivity (Wildman–Crippen MR) is 51.5 cm³/mol. The van der Waals surface area contributed by atoms with E-state index in [1.54, 1.807) is 12.3 Å². The largest absolute Gasteiger partial charge is 0.334 e. The van der Waals surface area contributed by atoms with Crippen molar-refractivity contribution in [2.24, 2.45) is 0 Å². The van der Waals surface area contributed by atoms with Crippen molar-refractivity contribution in [2.45, 2.75) is 12.8 Å². The quantitative estimate of drug-likeness (QED) is 0.645. The molecule has 1 aromatic rings. The Bertz CT molecular complexity index is 291. The van der Waals surface area contributed by atoms with E-state index in [4.69, 9.17) is 0 Å². The highest BCUT2D eigenvalue weighted by Crippen LogP contribution is 2.04. The van der Waals surface area contributed by atoms with E-state index in [0.717, 1.165) is 25.9 Å². The van der Waals surface area contributed by atoms with Crippen LogP contribution in [0.5, 0.6) is 0 Å². The Morgan fingerprint density at radius 3 is 2.93 bits per heavy atom. The number of urea groups is 1. The molecular weight excluding hydrogens is 182 g/mol. The standard InChI is InChI=1S/C8H13N5O/c14-8(10-7-3-4-9-11-7)12-13-5-1-2-6-13/h3-4H,1-2,5-6H2,(H3,9,10,11,12,14). The average Bonchev–Trinajstić information content (AvgIpc) is 2.76. The van der Waals surface area contributed by atoms with Crippen LogP contribution in [0, 0.1) is 0 Å². The van der Waals surface area contributed by atoms with Gasteiger partial charge >= 0.3 is 6.03 Å². The maximum absolute atomic E-state index is 11.3. The molecule has 1 saturated heterocycles. The third-order valence-corrected chi connectivity index (χ3v) is 2.11. The molecule has 2 rings (SSSR count). The molecule has 2 heterocycles. The van der Waals surface area contributed by atoms with E-state index >= 15 is 0 Å². The van der Waals surface area contributed by atoms with Gasteiger partial charge in [-0.15, -0.1) is 0 Å². The monoisotopic (exact) mass is 195 g/mol. The van der Waals surface area contributed by atoms with Crippen LogP contribution in [0.4, 0.5) is 10.6 Å². The maximum Gasteiger partial charge on any atom is 0.334 e. The van der Waals surface area contributed by atoms with Crippen LogP contribution >= 0.6 is 0 Å². The van der Waals surface area contributed by atoms with Gasteiger partial charge in [-0.2, -0.15) is 5.10 Å². The number of nitrogens with one attached hydrogen (secondary N) is 3. The molecule has 2 amide bonds. The van der Waals surface area contributed by atoms with Crippen LogP contribution in [0.3, 0.4) is 0 Å². The van der Waals surface area contributed by atoms with Crippen molar-refractivity contribution in [3.63, 3.8) is 0 Å². The Labute approximate surface area is 81.6 Å².